The first-order valence-electron chi connectivity index (χ1n) is 10.1. The third-order valence-electron chi connectivity index (χ3n) is 5.75. The molecular weight excluding hydrogens is 400 g/mol. The molecule has 0 bridgehead atoms. The third-order valence-corrected chi connectivity index (χ3v) is 7.16. The van der Waals surface area contributed by atoms with Crippen molar-refractivity contribution in [2.24, 2.45) is 16.1 Å². The van der Waals surface area contributed by atoms with E-state index < -0.39 is 10.0 Å². The van der Waals surface area contributed by atoms with E-state index in [9.17, 15) is 8.42 Å². The second kappa shape index (κ2) is 8.53. The fourth-order valence-corrected chi connectivity index (χ4v) is 5.91. The third kappa shape index (κ3) is 4.22. The second-order valence-electron chi connectivity index (χ2n) is 7.71. The van der Waals surface area contributed by atoms with Gasteiger partial charge in [-0.05, 0) is 30.4 Å². The van der Waals surface area contributed by atoms with Gasteiger partial charge < -0.3 is 9.55 Å². The molecule has 1 aliphatic rings. The van der Waals surface area contributed by atoms with Gasteiger partial charge in [0.15, 0.2) is 11.1 Å². The molecule has 9 heteroatoms. The van der Waals surface area contributed by atoms with Gasteiger partial charge in [0, 0.05) is 25.0 Å². The van der Waals surface area contributed by atoms with Crippen molar-refractivity contribution in [2.75, 3.05) is 0 Å². The van der Waals surface area contributed by atoms with Crippen molar-refractivity contribution in [1.29, 1.82) is 0 Å². The van der Waals surface area contributed by atoms with Gasteiger partial charge in [0.2, 0.25) is 10.0 Å². The molecule has 0 saturated heterocycles. The van der Waals surface area contributed by atoms with Crippen LogP contribution in [0.2, 0.25) is 0 Å². The topological polar surface area (TPSA) is 104 Å². The Hall–Kier alpha value is -2.78. The smallest absolute Gasteiger partial charge is 0.216 e. The van der Waals surface area contributed by atoms with E-state index >= 15 is 0 Å². The summed E-state index contributed by atoms with van der Waals surface area (Å²) in [5.74, 6) is 0.288. The van der Waals surface area contributed by atoms with E-state index in [1.165, 1.54) is 0 Å². The molecule has 30 heavy (non-hydrogen) atoms. The largest absolute Gasteiger partial charge is 0.345 e. The van der Waals surface area contributed by atoms with E-state index in [1.807, 2.05) is 42.6 Å². The van der Waals surface area contributed by atoms with Gasteiger partial charge in [0.25, 0.3) is 0 Å². The molecule has 2 aromatic heterocycles. The van der Waals surface area contributed by atoms with E-state index in [0.29, 0.717) is 17.8 Å². The molecule has 1 fully saturated rings. The molecule has 3 atom stereocenters. The van der Waals surface area contributed by atoms with E-state index in [1.54, 1.807) is 6.20 Å². The Kier molecular flexibility index (Phi) is 5.83. The lowest BCUT2D eigenvalue weighted by molar-refractivity contribution is 0.367. The minimum atomic E-state index is -3.44. The quantitative estimate of drug-likeness (QED) is 0.448. The number of nitrogens with zero attached hydrogens (tertiary/aromatic N) is 4. The summed E-state index contributed by atoms with van der Waals surface area (Å²) in [6.45, 7) is 5.61. The zero-order valence-electron chi connectivity index (χ0n) is 16.9. The van der Waals surface area contributed by atoms with Crippen LogP contribution in [0, 0.1) is 5.92 Å². The lowest BCUT2D eigenvalue weighted by Crippen LogP contribution is -2.34. The van der Waals surface area contributed by atoms with E-state index in [4.69, 9.17) is 0 Å². The highest BCUT2D eigenvalue weighted by molar-refractivity contribution is 7.88. The van der Waals surface area contributed by atoms with Crippen molar-refractivity contribution in [3.8, 4) is 0 Å². The molecular formula is C21H26N6O2S. The number of aromatic amines is 1. The van der Waals surface area contributed by atoms with Crippen LogP contribution in [-0.2, 0) is 15.8 Å². The number of H-pyrrole nitrogens is 1. The summed E-state index contributed by atoms with van der Waals surface area (Å²) in [5, 5.41) is 7.86. The Balaban J connectivity index is 1.62. The first kappa shape index (κ1) is 20.5. The summed E-state index contributed by atoms with van der Waals surface area (Å²) in [4.78, 5) is 7.53. The highest BCUT2D eigenvalue weighted by Crippen LogP contribution is 2.38. The maximum absolute atomic E-state index is 12.8. The molecule has 0 amide bonds. The summed E-state index contributed by atoms with van der Waals surface area (Å²) >= 11 is 0. The van der Waals surface area contributed by atoms with Crippen molar-refractivity contribution < 1.29 is 8.42 Å². The van der Waals surface area contributed by atoms with Crippen LogP contribution < -0.4 is 10.2 Å². The maximum atomic E-state index is 12.8. The number of rotatable bonds is 7. The Morgan fingerprint density at radius 2 is 2.07 bits per heavy atom. The van der Waals surface area contributed by atoms with E-state index in [2.05, 4.69) is 43.1 Å². The van der Waals surface area contributed by atoms with Crippen molar-refractivity contribution in [2.45, 2.75) is 44.0 Å². The summed E-state index contributed by atoms with van der Waals surface area (Å²) in [6, 6.07) is 11.2. The number of hydrogen-bond donors (Lipinski definition) is 2. The minimum Gasteiger partial charge on any atom is -0.345 e. The van der Waals surface area contributed by atoms with Gasteiger partial charge in [-0.2, -0.15) is 5.10 Å². The normalized spacial score (nSPS) is 22.6. The van der Waals surface area contributed by atoms with Crippen LogP contribution in [0.4, 0.5) is 0 Å². The zero-order valence-corrected chi connectivity index (χ0v) is 17.7. The second-order valence-corrected chi connectivity index (χ2v) is 9.46. The van der Waals surface area contributed by atoms with Gasteiger partial charge in [-0.3, -0.25) is 0 Å². The van der Waals surface area contributed by atoms with Crippen molar-refractivity contribution in [3.05, 3.63) is 59.8 Å². The minimum absolute atomic E-state index is 0.0166. The highest BCUT2D eigenvalue weighted by atomic mass is 32.2. The lowest BCUT2D eigenvalue weighted by Gasteiger charge is -2.22. The van der Waals surface area contributed by atoms with Crippen molar-refractivity contribution >= 4 is 27.9 Å². The fraction of sp³-hybridized carbons (Fsp3) is 0.381. The Labute approximate surface area is 175 Å². The molecule has 4 rings (SSSR count). The number of benzene rings is 1. The van der Waals surface area contributed by atoms with Crippen LogP contribution in [0.5, 0.6) is 0 Å². The molecule has 8 nitrogen and oxygen atoms in total. The van der Waals surface area contributed by atoms with Crippen molar-refractivity contribution in [3.63, 3.8) is 0 Å². The van der Waals surface area contributed by atoms with Gasteiger partial charge in [-0.25, -0.2) is 18.1 Å². The predicted molar refractivity (Wildman–Crippen MR) is 117 cm³/mol. The van der Waals surface area contributed by atoms with Gasteiger partial charge in [0.05, 0.1) is 17.5 Å². The van der Waals surface area contributed by atoms with Crippen LogP contribution in [-0.4, -0.2) is 35.7 Å². The summed E-state index contributed by atoms with van der Waals surface area (Å²) < 4.78 is 30.6. The highest BCUT2D eigenvalue weighted by Gasteiger charge is 2.37. The molecule has 0 radical (unpaired) electrons. The van der Waals surface area contributed by atoms with Crippen molar-refractivity contribution in [1.82, 2.24) is 19.3 Å². The lowest BCUT2D eigenvalue weighted by atomic mass is 10.00. The Bertz CT molecular complexity index is 1200. The number of hydrogen-bond acceptors (Lipinski definition) is 5. The molecule has 1 aromatic carbocycles. The summed E-state index contributed by atoms with van der Waals surface area (Å²) in [5.41, 5.74) is 3.09. The first-order valence-corrected chi connectivity index (χ1v) is 11.7. The molecule has 0 spiro atoms. The molecule has 1 saturated carbocycles. The predicted octanol–water partition coefficient (Wildman–Crippen LogP) is 2.73. The molecule has 3 aromatic rings. The average molecular weight is 427 g/mol. The SMILES string of the molecule is C=N/N=c1/cnc2[nH]ccc2n1C1C[C@@H](NS(=O)(=O)Cc2ccccc2)C[C@H]1CC. The van der Waals surface area contributed by atoms with Gasteiger partial charge in [-0.1, -0.05) is 43.7 Å². The Morgan fingerprint density at radius 3 is 2.80 bits per heavy atom. The monoisotopic (exact) mass is 426 g/mol. The Morgan fingerprint density at radius 1 is 1.27 bits per heavy atom. The number of aromatic nitrogens is 3. The molecule has 158 valence electrons. The van der Waals surface area contributed by atoms with E-state index in [-0.39, 0.29) is 17.8 Å². The van der Waals surface area contributed by atoms with Crippen LogP contribution in [0.15, 0.2) is 59.0 Å². The van der Waals surface area contributed by atoms with Gasteiger partial charge in [0.1, 0.15) is 0 Å². The van der Waals surface area contributed by atoms with Crippen LogP contribution in [0.25, 0.3) is 11.2 Å². The molecule has 2 N–H and O–H groups in total. The number of nitrogens with one attached hydrogen (secondary N) is 2. The number of sulfonamides is 1. The molecule has 1 aliphatic carbocycles. The zero-order chi connectivity index (χ0) is 21.1. The maximum Gasteiger partial charge on any atom is 0.216 e. The van der Waals surface area contributed by atoms with Gasteiger partial charge in [-0.15, -0.1) is 5.10 Å². The number of fused-ring (bicyclic) bond motifs is 1. The summed E-state index contributed by atoms with van der Waals surface area (Å²) in [6.07, 6.45) is 5.91. The standard InChI is InChI=1S/C21H26N6O2S/c1-3-16-11-17(26-30(28,29)14-15-7-5-4-6-8-15)12-19(16)27-18-9-10-23-21(18)24-13-20(27)25-22-2/h4-10,13,16-17,19,23,26H,2-3,11-12,14H2,1H3/b25-20-/t16-,17+,19?/m1/s1. The van der Waals surface area contributed by atoms with Crippen LogP contribution in [0.1, 0.15) is 37.8 Å². The first-order chi connectivity index (χ1) is 14.5. The molecule has 1 unspecified atom stereocenters. The molecule has 0 aliphatic heterocycles. The van der Waals surface area contributed by atoms with Crippen LogP contribution in [0.3, 0.4) is 0 Å². The molecule has 2 heterocycles. The van der Waals surface area contributed by atoms with E-state index in [0.717, 1.165) is 29.6 Å². The summed E-state index contributed by atoms with van der Waals surface area (Å²) in [7, 11) is -3.44. The fourth-order valence-electron chi connectivity index (χ4n) is 4.50. The van der Waals surface area contributed by atoms with Gasteiger partial charge >= 0.3 is 0 Å². The van der Waals surface area contributed by atoms with Crippen LogP contribution >= 0.6 is 0 Å². The average Bonchev–Trinajstić information content (AvgIpc) is 3.34.